The molecule has 0 unspecified atom stereocenters. The lowest BCUT2D eigenvalue weighted by molar-refractivity contribution is 0.0697. The number of aromatic carboxylic acids is 1. The van der Waals surface area contributed by atoms with Crippen LogP contribution in [0.15, 0.2) is 65.5 Å². The van der Waals surface area contributed by atoms with Gasteiger partial charge in [-0.25, -0.2) is 9.78 Å². The molecule has 0 spiro atoms. The van der Waals surface area contributed by atoms with E-state index in [9.17, 15) is 14.7 Å². The summed E-state index contributed by atoms with van der Waals surface area (Å²) in [7, 11) is 0. The van der Waals surface area contributed by atoms with Crippen LogP contribution in [-0.2, 0) is 6.54 Å². The SMILES string of the molecule is CCn1c(=O)c(-c2ccc(C(=O)O)cc2)c(-c2cccc(Cl)c2)c2ccc(C)nc21. The third-order valence-corrected chi connectivity index (χ3v) is 5.33. The molecule has 0 aliphatic rings. The minimum Gasteiger partial charge on any atom is -0.478 e. The number of rotatable bonds is 4. The van der Waals surface area contributed by atoms with Crippen LogP contribution < -0.4 is 5.56 Å². The lowest BCUT2D eigenvalue weighted by atomic mass is 9.92. The van der Waals surface area contributed by atoms with Gasteiger partial charge in [-0.2, -0.15) is 0 Å². The van der Waals surface area contributed by atoms with Crippen LogP contribution >= 0.6 is 11.6 Å². The molecule has 30 heavy (non-hydrogen) atoms. The molecule has 0 fully saturated rings. The number of carbonyl (C=O) groups is 1. The quantitative estimate of drug-likeness (QED) is 0.481. The Morgan fingerprint density at radius 3 is 2.40 bits per heavy atom. The monoisotopic (exact) mass is 418 g/mol. The Hall–Kier alpha value is -3.44. The van der Waals surface area contributed by atoms with E-state index in [0.717, 1.165) is 22.2 Å². The molecule has 0 radical (unpaired) electrons. The molecule has 0 bridgehead atoms. The van der Waals surface area contributed by atoms with Gasteiger partial charge in [-0.15, -0.1) is 0 Å². The van der Waals surface area contributed by atoms with Gasteiger partial charge >= 0.3 is 5.97 Å². The Morgan fingerprint density at radius 1 is 1.03 bits per heavy atom. The number of hydrogen-bond acceptors (Lipinski definition) is 3. The number of aryl methyl sites for hydroxylation is 2. The molecule has 0 aliphatic heterocycles. The van der Waals surface area contributed by atoms with Gasteiger partial charge in [-0.05, 0) is 61.4 Å². The number of hydrogen-bond donors (Lipinski definition) is 1. The molecule has 2 aromatic heterocycles. The largest absolute Gasteiger partial charge is 0.478 e. The summed E-state index contributed by atoms with van der Waals surface area (Å²) in [6.07, 6.45) is 0. The minimum atomic E-state index is -1.01. The van der Waals surface area contributed by atoms with E-state index in [2.05, 4.69) is 4.98 Å². The second-order valence-electron chi connectivity index (χ2n) is 7.02. The molecule has 5 nitrogen and oxygen atoms in total. The number of carboxylic acids is 1. The predicted octanol–water partition coefficient (Wildman–Crippen LogP) is 5.41. The van der Waals surface area contributed by atoms with Crippen LogP contribution in [0.1, 0.15) is 23.0 Å². The summed E-state index contributed by atoms with van der Waals surface area (Å²) >= 11 is 6.26. The number of pyridine rings is 2. The van der Waals surface area contributed by atoms with E-state index in [1.54, 1.807) is 22.8 Å². The van der Waals surface area contributed by atoms with E-state index in [1.807, 2.05) is 44.2 Å². The first kappa shape index (κ1) is 19.9. The fourth-order valence-electron chi connectivity index (χ4n) is 3.70. The maximum Gasteiger partial charge on any atom is 0.335 e. The van der Waals surface area contributed by atoms with Crippen molar-refractivity contribution in [1.29, 1.82) is 0 Å². The molecule has 0 saturated carbocycles. The second kappa shape index (κ2) is 7.76. The molecule has 0 amide bonds. The van der Waals surface area contributed by atoms with E-state index in [1.165, 1.54) is 12.1 Å². The number of benzene rings is 2. The summed E-state index contributed by atoms with van der Waals surface area (Å²) in [5.41, 5.74) is 4.09. The zero-order valence-corrected chi connectivity index (χ0v) is 17.3. The van der Waals surface area contributed by atoms with Gasteiger partial charge in [0.2, 0.25) is 0 Å². The van der Waals surface area contributed by atoms with Crippen LogP contribution in [0.4, 0.5) is 0 Å². The van der Waals surface area contributed by atoms with Gasteiger partial charge in [-0.1, -0.05) is 35.9 Å². The first-order valence-corrected chi connectivity index (χ1v) is 9.92. The van der Waals surface area contributed by atoms with Gasteiger partial charge in [0, 0.05) is 28.2 Å². The maximum atomic E-state index is 13.6. The molecule has 4 aromatic rings. The van der Waals surface area contributed by atoms with E-state index < -0.39 is 5.97 Å². The van der Waals surface area contributed by atoms with Crippen LogP contribution in [0.3, 0.4) is 0 Å². The average molecular weight is 419 g/mol. The predicted molar refractivity (Wildman–Crippen MR) is 119 cm³/mol. The van der Waals surface area contributed by atoms with Crippen LogP contribution in [0, 0.1) is 6.92 Å². The highest BCUT2D eigenvalue weighted by atomic mass is 35.5. The number of fused-ring (bicyclic) bond motifs is 1. The molecule has 6 heteroatoms. The van der Waals surface area contributed by atoms with Crippen molar-refractivity contribution in [2.45, 2.75) is 20.4 Å². The van der Waals surface area contributed by atoms with Crippen LogP contribution in [0.25, 0.3) is 33.3 Å². The van der Waals surface area contributed by atoms with Crippen molar-refractivity contribution in [2.24, 2.45) is 0 Å². The average Bonchev–Trinajstić information content (AvgIpc) is 2.73. The van der Waals surface area contributed by atoms with Crippen molar-refractivity contribution in [2.75, 3.05) is 0 Å². The fourth-order valence-corrected chi connectivity index (χ4v) is 3.89. The van der Waals surface area contributed by atoms with Gasteiger partial charge in [-0.3, -0.25) is 9.36 Å². The number of aromatic nitrogens is 2. The fraction of sp³-hybridized carbons (Fsp3) is 0.125. The lowest BCUT2D eigenvalue weighted by Crippen LogP contribution is -2.23. The zero-order valence-electron chi connectivity index (χ0n) is 16.5. The van der Waals surface area contributed by atoms with Gasteiger partial charge in [0.1, 0.15) is 5.65 Å². The highest BCUT2D eigenvalue weighted by molar-refractivity contribution is 6.31. The first-order chi connectivity index (χ1) is 14.4. The van der Waals surface area contributed by atoms with Gasteiger partial charge in [0.25, 0.3) is 5.56 Å². The molecule has 150 valence electrons. The Labute approximate surface area is 178 Å². The van der Waals surface area contributed by atoms with Crippen molar-refractivity contribution in [3.05, 3.63) is 87.3 Å². The molecule has 0 atom stereocenters. The van der Waals surface area contributed by atoms with Crippen LogP contribution in [0.2, 0.25) is 5.02 Å². The molecular formula is C24H19ClN2O3. The number of nitrogens with zero attached hydrogens (tertiary/aromatic N) is 2. The molecule has 2 aromatic carbocycles. The van der Waals surface area contributed by atoms with Gasteiger partial charge in [0.15, 0.2) is 0 Å². The van der Waals surface area contributed by atoms with Crippen molar-refractivity contribution >= 4 is 28.6 Å². The molecule has 0 saturated heterocycles. The van der Waals surface area contributed by atoms with Crippen molar-refractivity contribution in [3.63, 3.8) is 0 Å². The first-order valence-electron chi connectivity index (χ1n) is 9.54. The third kappa shape index (κ3) is 3.37. The molecule has 2 heterocycles. The smallest absolute Gasteiger partial charge is 0.335 e. The highest BCUT2D eigenvalue weighted by Gasteiger charge is 2.20. The Balaban J connectivity index is 2.16. The zero-order chi connectivity index (χ0) is 21.4. The van der Waals surface area contributed by atoms with Crippen LogP contribution in [-0.4, -0.2) is 20.6 Å². The highest BCUT2D eigenvalue weighted by Crippen LogP contribution is 2.36. The Morgan fingerprint density at radius 2 is 1.77 bits per heavy atom. The summed E-state index contributed by atoms with van der Waals surface area (Å²) in [4.78, 5) is 29.5. The summed E-state index contributed by atoms with van der Waals surface area (Å²) < 4.78 is 1.65. The summed E-state index contributed by atoms with van der Waals surface area (Å²) in [6, 6.07) is 17.6. The molecule has 1 N–H and O–H groups in total. The van der Waals surface area contributed by atoms with E-state index in [-0.39, 0.29) is 11.1 Å². The molecule has 0 aliphatic carbocycles. The Kier molecular flexibility index (Phi) is 5.14. The number of halogens is 1. The topological polar surface area (TPSA) is 72.2 Å². The van der Waals surface area contributed by atoms with E-state index in [0.29, 0.717) is 28.3 Å². The summed E-state index contributed by atoms with van der Waals surface area (Å²) in [6.45, 7) is 4.25. The van der Waals surface area contributed by atoms with Crippen molar-refractivity contribution in [1.82, 2.24) is 9.55 Å². The summed E-state index contributed by atoms with van der Waals surface area (Å²) in [5.74, 6) is -1.01. The normalized spacial score (nSPS) is 11.0. The summed E-state index contributed by atoms with van der Waals surface area (Å²) in [5, 5.41) is 10.6. The van der Waals surface area contributed by atoms with Gasteiger partial charge < -0.3 is 5.11 Å². The minimum absolute atomic E-state index is 0.164. The van der Waals surface area contributed by atoms with Gasteiger partial charge in [0.05, 0.1) is 11.1 Å². The molecular weight excluding hydrogens is 400 g/mol. The van der Waals surface area contributed by atoms with E-state index >= 15 is 0 Å². The van der Waals surface area contributed by atoms with Crippen molar-refractivity contribution < 1.29 is 9.90 Å². The Bertz CT molecular complexity index is 1340. The van der Waals surface area contributed by atoms with Crippen molar-refractivity contribution in [3.8, 4) is 22.3 Å². The second-order valence-corrected chi connectivity index (χ2v) is 7.45. The number of carboxylic acid groups (broad SMARTS) is 1. The lowest BCUT2D eigenvalue weighted by Gasteiger charge is -2.18. The standard InChI is InChI=1S/C24H19ClN2O3/c1-3-27-22-19(12-7-14(2)26-22)20(17-5-4-6-18(25)13-17)21(23(27)28)15-8-10-16(11-9-15)24(29)30/h4-13H,3H2,1-2H3,(H,29,30). The maximum absolute atomic E-state index is 13.6. The third-order valence-electron chi connectivity index (χ3n) is 5.10. The van der Waals surface area contributed by atoms with E-state index in [4.69, 9.17) is 11.6 Å². The molecule has 4 rings (SSSR count). The van der Waals surface area contributed by atoms with Crippen LogP contribution in [0.5, 0.6) is 0 Å².